The van der Waals surface area contributed by atoms with Crippen molar-refractivity contribution in [3.05, 3.63) is 45.9 Å². The molecule has 160 valence electrons. The fourth-order valence-corrected chi connectivity index (χ4v) is 5.94. The molecular formula is C24H32ClN5. The number of aryl methyl sites for hydroxylation is 1. The van der Waals surface area contributed by atoms with E-state index in [0.29, 0.717) is 12.0 Å². The maximum atomic E-state index is 6.80. The van der Waals surface area contributed by atoms with Crippen molar-refractivity contribution in [2.75, 3.05) is 24.5 Å². The Balaban J connectivity index is 1.66. The molecule has 2 aliphatic heterocycles. The van der Waals surface area contributed by atoms with E-state index in [0.717, 1.165) is 56.3 Å². The Bertz CT molecular complexity index is 951. The molecule has 3 heterocycles. The second-order valence-corrected chi connectivity index (χ2v) is 9.98. The van der Waals surface area contributed by atoms with Gasteiger partial charge in [-0.15, -0.1) is 0 Å². The molecule has 1 saturated heterocycles. The fourth-order valence-electron chi connectivity index (χ4n) is 5.71. The molecule has 30 heavy (non-hydrogen) atoms. The minimum absolute atomic E-state index is 0.124. The molecule has 1 aromatic carbocycles. The third-order valence-corrected chi connectivity index (χ3v) is 7.63. The first-order chi connectivity index (χ1) is 14.5. The molecule has 1 aliphatic carbocycles. The monoisotopic (exact) mass is 425 g/mol. The third-order valence-electron chi connectivity index (χ3n) is 7.27. The molecule has 1 fully saturated rings. The van der Waals surface area contributed by atoms with E-state index in [9.17, 15) is 0 Å². The van der Waals surface area contributed by atoms with E-state index in [1.54, 1.807) is 6.33 Å². The van der Waals surface area contributed by atoms with Gasteiger partial charge >= 0.3 is 0 Å². The number of piperidine rings is 1. The van der Waals surface area contributed by atoms with Crippen molar-refractivity contribution >= 4 is 23.1 Å². The van der Waals surface area contributed by atoms with Gasteiger partial charge in [-0.1, -0.05) is 32.4 Å². The van der Waals surface area contributed by atoms with Crippen LogP contribution in [-0.4, -0.2) is 35.6 Å². The van der Waals surface area contributed by atoms with Crippen LogP contribution in [0.1, 0.15) is 68.3 Å². The highest BCUT2D eigenvalue weighted by molar-refractivity contribution is 6.31. The summed E-state index contributed by atoms with van der Waals surface area (Å²) in [6, 6.07) is 4.72. The van der Waals surface area contributed by atoms with Crippen LogP contribution in [0.5, 0.6) is 0 Å². The lowest BCUT2D eigenvalue weighted by Crippen LogP contribution is -2.43. The molecule has 1 unspecified atom stereocenters. The number of aromatic nitrogens is 2. The van der Waals surface area contributed by atoms with Gasteiger partial charge in [0.15, 0.2) is 0 Å². The second kappa shape index (κ2) is 7.77. The van der Waals surface area contributed by atoms with Crippen LogP contribution in [0.3, 0.4) is 0 Å². The molecule has 1 spiro atoms. The highest BCUT2D eigenvalue weighted by Crippen LogP contribution is 2.53. The lowest BCUT2D eigenvalue weighted by molar-refractivity contribution is 0.326. The molecule has 0 saturated carbocycles. The van der Waals surface area contributed by atoms with E-state index in [4.69, 9.17) is 16.6 Å². The maximum absolute atomic E-state index is 6.80. The predicted molar refractivity (Wildman–Crippen MR) is 123 cm³/mol. The molecule has 1 aromatic heterocycles. The molecule has 2 N–H and O–H groups in total. The Hall–Kier alpha value is -1.69. The summed E-state index contributed by atoms with van der Waals surface area (Å²) >= 11 is 6.80. The average Bonchev–Trinajstić information content (AvgIpc) is 3.27. The first kappa shape index (κ1) is 20.2. The van der Waals surface area contributed by atoms with Crippen molar-refractivity contribution < 1.29 is 0 Å². The molecule has 0 amide bonds. The smallest absolute Gasteiger partial charge is 0.140 e. The highest BCUT2D eigenvalue weighted by Gasteiger charge is 2.47. The number of nitrogens with zero attached hydrogens (tertiary/aromatic N) is 3. The SMILES string of the molecule is CC(C)NCc1c(Cl)ccc2c1C1(CCNCC1)CN2c1ncnc2c1C(C)CC2. The van der Waals surface area contributed by atoms with Crippen LogP contribution in [0.15, 0.2) is 18.5 Å². The highest BCUT2D eigenvalue weighted by atomic mass is 35.5. The van der Waals surface area contributed by atoms with Gasteiger partial charge in [0.1, 0.15) is 12.1 Å². The molecule has 0 bridgehead atoms. The fraction of sp³-hybridized carbons (Fsp3) is 0.583. The summed E-state index contributed by atoms with van der Waals surface area (Å²) in [4.78, 5) is 11.9. The number of hydrogen-bond donors (Lipinski definition) is 2. The summed E-state index contributed by atoms with van der Waals surface area (Å²) in [5, 5.41) is 8.05. The van der Waals surface area contributed by atoms with E-state index < -0.39 is 0 Å². The summed E-state index contributed by atoms with van der Waals surface area (Å²) < 4.78 is 0. The average molecular weight is 426 g/mol. The van der Waals surface area contributed by atoms with Gasteiger partial charge in [0.05, 0.1) is 0 Å². The minimum atomic E-state index is 0.124. The number of nitrogens with one attached hydrogen (secondary N) is 2. The summed E-state index contributed by atoms with van der Waals surface area (Å²) in [6.45, 7) is 10.6. The van der Waals surface area contributed by atoms with Crippen molar-refractivity contribution in [2.24, 2.45) is 0 Å². The van der Waals surface area contributed by atoms with Crippen LogP contribution in [-0.2, 0) is 18.4 Å². The van der Waals surface area contributed by atoms with Gasteiger partial charge in [-0.3, -0.25) is 0 Å². The topological polar surface area (TPSA) is 53.1 Å². The van der Waals surface area contributed by atoms with Gasteiger partial charge in [-0.25, -0.2) is 9.97 Å². The van der Waals surface area contributed by atoms with Crippen LogP contribution in [0, 0.1) is 0 Å². The molecule has 5 nitrogen and oxygen atoms in total. The zero-order valence-electron chi connectivity index (χ0n) is 18.3. The lowest BCUT2D eigenvalue weighted by Gasteiger charge is -2.36. The van der Waals surface area contributed by atoms with Crippen LogP contribution < -0.4 is 15.5 Å². The van der Waals surface area contributed by atoms with Gasteiger partial charge in [0.2, 0.25) is 0 Å². The quantitative estimate of drug-likeness (QED) is 0.757. The standard InChI is InChI=1S/C24H32ClN5/c1-15(2)27-12-17-18(25)5-7-20-22(17)24(8-10-26-11-9-24)13-30(20)23-21-16(3)4-6-19(21)28-14-29-23/h5,7,14-16,26-27H,4,6,8-13H2,1-3H3. The zero-order chi connectivity index (χ0) is 20.9. The van der Waals surface area contributed by atoms with Crippen LogP contribution in [0.4, 0.5) is 11.5 Å². The Morgan fingerprint density at radius 1 is 1.27 bits per heavy atom. The zero-order valence-corrected chi connectivity index (χ0v) is 19.0. The molecular weight excluding hydrogens is 394 g/mol. The molecule has 3 aliphatic rings. The molecule has 1 atom stereocenters. The van der Waals surface area contributed by atoms with E-state index in [-0.39, 0.29) is 5.41 Å². The van der Waals surface area contributed by atoms with Gasteiger partial charge in [0.25, 0.3) is 0 Å². The Morgan fingerprint density at radius 2 is 2.07 bits per heavy atom. The van der Waals surface area contributed by atoms with Crippen LogP contribution >= 0.6 is 11.6 Å². The number of halogens is 1. The van der Waals surface area contributed by atoms with Gasteiger partial charge < -0.3 is 15.5 Å². The number of anilines is 2. The first-order valence-corrected chi connectivity index (χ1v) is 11.8. The van der Waals surface area contributed by atoms with Gasteiger partial charge in [-0.05, 0) is 68.0 Å². The van der Waals surface area contributed by atoms with Gasteiger partial charge in [-0.2, -0.15) is 0 Å². The number of hydrogen-bond acceptors (Lipinski definition) is 5. The summed E-state index contributed by atoms with van der Waals surface area (Å²) in [5.74, 6) is 1.63. The largest absolute Gasteiger partial charge is 0.325 e. The first-order valence-electron chi connectivity index (χ1n) is 11.4. The van der Waals surface area contributed by atoms with E-state index in [1.165, 1.54) is 34.5 Å². The minimum Gasteiger partial charge on any atom is -0.325 e. The number of rotatable bonds is 4. The van der Waals surface area contributed by atoms with E-state index in [1.807, 2.05) is 0 Å². The Kier molecular flexibility index (Phi) is 5.24. The third kappa shape index (κ3) is 3.22. The van der Waals surface area contributed by atoms with Gasteiger partial charge in [0, 0.05) is 46.5 Å². The summed E-state index contributed by atoms with van der Waals surface area (Å²) in [5.41, 5.74) is 6.72. The molecule has 2 aromatic rings. The van der Waals surface area contributed by atoms with Crippen molar-refractivity contribution in [1.29, 1.82) is 0 Å². The molecule has 0 radical (unpaired) electrons. The second-order valence-electron chi connectivity index (χ2n) is 9.57. The van der Waals surface area contributed by atoms with Crippen molar-refractivity contribution in [3.63, 3.8) is 0 Å². The van der Waals surface area contributed by atoms with Crippen LogP contribution in [0.2, 0.25) is 5.02 Å². The lowest BCUT2D eigenvalue weighted by atomic mass is 9.73. The van der Waals surface area contributed by atoms with Crippen LogP contribution in [0.25, 0.3) is 0 Å². The Labute approximate surface area is 184 Å². The van der Waals surface area contributed by atoms with E-state index >= 15 is 0 Å². The van der Waals surface area contributed by atoms with Crippen molar-refractivity contribution in [2.45, 2.75) is 70.4 Å². The molecule has 6 heteroatoms. The summed E-state index contributed by atoms with van der Waals surface area (Å²) in [7, 11) is 0. The Morgan fingerprint density at radius 3 is 2.83 bits per heavy atom. The normalized spacial score (nSPS) is 22.0. The summed E-state index contributed by atoms with van der Waals surface area (Å²) in [6.07, 6.45) is 6.26. The predicted octanol–water partition coefficient (Wildman–Crippen LogP) is 4.45. The van der Waals surface area contributed by atoms with Crippen molar-refractivity contribution in [1.82, 2.24) is 20.6 Å². The van der Waals surface area contributed by atoms with E-state index in [2.05, 4.69) is 53.4 Å². The number of benzene rings is 1. The maximum Gasteiger partial charge on any atom is 0.140 e. The molecule has 5 rings (SSSR count). The van der Waals surface area contributed by atoms with Crippen molar-refractivity contribution in [3.8, 4) is 0 Å². The number of fused-ring (bicyclic) bond motifs is 3.